The maximum atomic E-state index is 10.9. The van der Waals surface area contributed by atoms with Gasteiger partial charge in [-0.2, -0.15) is 0 Å². The lowest BCUT2D eigenvalue weighted by atomic mass is 10.0. The molecular weight excluding hydrogens is 252 g/mol. The summed E-state index contributed by atoms with van der Waals surface area (Å²) in [6.45, 7) is -0.486. The van der Waals surface area contributed by atoms with E-state index in [2.05, 4.69) is 4.74 Å². The van der Waals surface area contributed by atoms with Crippen LogP contribution in [0.3, 0.4) is 0 Å². The van der Waals surface area contributed by atoms with Gasteiger partial charge in [0, 0.05) is 0 Å². The van der Waals surface area contributed by atoms with E-state index in [1.165, 1.54) is 7.11 Å². The molecule has 7 nitrogen and oxygen atoms in total. The Balaban J connectivity index is 2.56. The van der Waals surface area contributed by atoms with E-state index in [0.717, 1.165) is 11.8 Å². The fraction of sp³-hybridized carbons (Fsp3) is 0.889. The fourth-order valence-corrected chi connectivity index (χ4v) is 2.41. The van der Waals surface area contributed by atoms with Crippen LogP contribution in [0.1, 0.15) is 0 Å². The molecule has 1 saturated heterocycles. The number of ether oxygens (including phenoxy) is 2. The van der Waals surface area contributed by atoms with Crippen LogP contribution in [0.2, 0.25) is 0 Å². The van der Waals surface area contributed by atoms with Gasteiger partial charge in [-0.25, -0.2) is 0 Å². The summed E-state index contributed by atoms with van der Waals surface area (Å²) in [6, 6.07) is 0. The Morgan fingerprint density at radius 2 is 1.94 bits per heavy atom. The molecule has 0 spiro atoms. The molecule has 0 aromatic carbocycles. The lowest BCUT2D eigenvalue weighted by Crippen LogP contribution is -2.57. The number of hydrogen-bond donors (Lipinski definition) is 4. The predicted octanol–water partition coefficient (Wildman–Crippen LogP) is -2.31. The predicted molar refractivity (Wildman–Crippen MR) is 58.2 cm³/mol. The minimum absolute atomic E-state index is 0.0564. The molecule has 1 heterocycles. The van der Waals surface area contributed by atoms with E-state index in [9.17, 15) is 20.1 Å². The van der Waals surface area contributed by atoms with E-state index in [-0.39, 0.29) is 5.75 Å². The molecule has 4 N–H and O–H groups in total. The third-order valence-corrected chi connectivity index (χ3v) is 3.56. The van der Waals surface area contributed by atoms with Gasteiger partial charge in [0.2, 0.25) is 0 Å². The summed E-state index contributed by atoms with van der Waals surface area (Å²) >= 11 is 0.934. The molecule has 5 atom stereocenters. The number of rotatable bonds is 4. The molecule has 0 amide bonds. The second kappa shape index (κ2) is 6.53. The average molecular weight is 268 g/mol. The molecule has 1 fully saturated rings. The van der Waals surface area contributed by atoms with Crippen LogP contribution in [0.25, 0.3) is 0 Å². The SMILES string of the molecule is COC(=O)CS[C@@H]1O[C@H](CO)[C@@H](O)[C@H](O)[C@H]1O. The molecule has 17 heavy (non-hydrogen) atoms. The van der Waals surface area contributed by atoms with Crippen molar-refractivity contribution in [1.29, 1.82) is 0 Å². The average Bonchev–Trinajstić information content (AvgIpc) is 2.34. The number of thioether (sulfide) groups is 1. The number of hydrogen-bond acceptors (Lipinski definition) is 8. The van der Waals surface area contributed by atoms with E-state index >= 15 is 0 Å². The first-order valence-corrected chi connectivity index (χ1v) is 6.05. The zero-order chi connectivity index (χ0) is 13.0. The number of carbonyl (C=O) groups is 1. The highest BCUT2D eigenvalue weighted by Gasteiger charge is 2.43. The molecule has 1 aliphatic rings. The largest absolute Gasteiger partial charge is 0.468 e. The van der Waals surface area contributed by atoms with Crippen molar-refractivity contribution in [2.24, 2.45) is 0 Å². The van der Waals surface area contributed by atoms with Crippen LogP contribution in [-0.4, -0.2) is 75.7 Å². The number of aliphatic hydroxyl groups is 4. The highest BCUT2D eigenvalue weighted by molar-refractivity contribution is 8.00. The summed E-state index contributed by atoms with van der Waals surface area (Å²) in [5.74, 6) is -0.550. The summed E-state index contributed by atoms with van der Waals surface area (Å²) in [5.41, 5.74) is -0.898. The zero-order valence-corrected chi connectivity index (χ0v) is 10.0. The summed E-state index contributed by atoms with van der Waals surface area (Å²) in [4.78, 5) is 10.9. The van der Waals surface area contributed by atoms with Crippen LogP contribution in [0, 0.1) is 0 Å². The minimum atomic E-state index is -1.42. The van der Waals surface area contributed by atoms with E-state index < -0.39 is 42.4 Å². The van der Waals surface area contributed by atoms with Crippen LogP contribution in [-0.2, 0) is 14.3 Å². The van der Waals surface area contributed by atoms with E-state index in [0.29, 0.717) is 0 Å². The summed E-state index contributed by atoms with van der Waals surface area (Å²) in [5, 5.41) is 37.5. The van der Waals surface area contributed by atoms with Crippen molar-refractivity contribution in [2.75, 3.05) is 19.5 Å². The number of methoxy groups -OCH3 is 1. The van der Waals surface area contributed by atoms with Crippen molar-refractivity contribution >= 4 is 17.7 Å². The molecule has 100 valence electrons. The van der Waals surface area contributed by atoms with Gasteiger partial charge < -0.3 is 29.9 Å². The number of carbonyl (C=O) groups excluding carboxylic acids is 1. The molecule has 0 radical (unpaired) electrons. The molecule has 0 aromatic heterocycles. The first-order chi connectivity index (χ1) is 8.01. The van der Waals surface area contributed by atoms with Crippen molar-refractivity contribution in [3.63, 3.8) is 0 Å². The highest BCUT2D eigenvalue weighted by Crippen LogP contribution is 2.28. The maximum absolute atomic E-state index is 10.9. The third kappa shape index (κ3) is 3.54. The van der Waals surface area contributed by atoms with Crippen molar-refractivity contribution in [2.45, 2.75) is 29.9 Å². The van der Waals surface area contributed by atoms with Crippen molar-refractivity contribution in [1.82, 2.24) is 0 Å². The van der Waals surface area contributed by atoms with Gasteiger partial charge >= 0.3 is 5.97 Å². The van der Waals surface area contributed by atoms with Crippen molar-refractivity contribution < 1.29 is 34.7 Å². The summed E-state index contributed by atoms with van der Waals surface area (Å²) < 4.78 is 9.59. The van der Waals surface area contributed by atoms with Crippen LogP contribution in [0.5, 0.6) is 0 Å². The second-order valence-electron chi connectivity index (χ2n) is 3.58. The first-order valence-electron chi connectivity index (χ1n) is 5.00. The Bertz CT molecular complexity index is 260. The standard InChI is InChI=1S/C9H16O7S/c1-15-5(11)3-17-9-8(14)7(13)6(12)4(2-10)16-9/h4,6-10,12-14H,2-3H2,1H3/t4-,6-,7+,8-,9+/m1/s1. The van der Waals surface area contributed by atoms with Gasteiger partial charge in [-0.15, -0.1) is 11.8 Å². The highest BCUT2D eigenvalue weighted by atomic mass is 32.2. The zero-order valence-electron chi connectivity index (χ0n) is 9.22. The van der Waals surface area contributed by atoms with Crippen molar-refractivity contribution in [3.8, 4) is 0 Å². The van der Waals surface area contributed by atoms with E-state index in [4.69, 9.17) is 9.84 Å². The molecule has 0 aliphatic carbocycles. The van der Waals surface area contributed by atoms with Gasteiger partial charge in [-0.1, -0.05) is 0 Å². The van der Waals surface area contributed by atoms with Crippen LogP contribution >= 0.6 is 11.8 Å². The fourth-order valence-electron chi connectivity index (χ4n) is 1.41. The lowest BCUT2D eigenvalue weighted by Gasteiger charge is -2.39. The van der Waals surface area contributed by atoms with Gasteiger partial charge in [0.15, 0.2) is 0 Å². The summed E-state index contributed by atoms with van der Waals surface area (Å²) in [7, 11) is 1.23. The number of esters is 1. The van der Waals surface area contributed by atoms with Crippen LogP contribution in [0.4, 0.5) is 0 Å². The van der Waals surface area contributed by atoms with Crippen LogP contribution in [0.15, 0.2) is 0 Å². The van der Waals surface area contributed by atoms with Crippen LogP contribution < -0.4 is 0 Å². The molecule has 1 aliphatic heterocycles. The van der Waals surface area contributed by atoms with Crippen molar-refractivity contribution in [3.05, 3.63) is 0 Å². The van der Waals surface area contributed by atoms with Gasteiger partial charge in [-0.05, 0) is 0 Å². The molecular formula is C9H16O7S. The molecule has 0 aromatic rings. The molecule has 0 unspecified atom stereocenters. The smallest absolute Gasteiger partial charge is 0.315 e. The molecule has 8 heteroatoms. The first kappa shape index (κ1) is 14.7. The monoisotopic (exact) mass is 268 g/mol. The Labute approximate surface area is 102 Å². The number of aliphatic hydroxyl groups excluding tert-OH is 4. The quantitative estimate of drug-likeness (QED) is 0.420. The van der Waals surface area contributed by atoms with Gasteiger partial charge in [0.05, 0.1) is 19.5 Å². The Kier molecular flexibility index (Phi) is 5.63. The second-order valence-corrected chi connectivity index (χ2v) is 4.67. The van der Waals surface area contributed by atoms with Gasteiger partial charge in [0.25, 0.3) is 0 Å². The minimum Gasteiger partial charge on any atom is -0.468 e. The lowest BCUT2D eigenvalue weighted by molar-refractivity contribution is -0.205. The van der Waals surface area contributed by atoms with E-state index in [1.54, 1.807) is 0 Å². The Morgan fingerprint density at radius 3 is 2.47 bits per heavy atom. The third-order valence-electron chi connectivity index (χ3n) is 2.44. The normalized spacial score (nSPS) is 37.8. The molecule has 0 saturated carbocycles. The van der Waals surface area contributed by atoms with E-state index in [1.807, 2.05) is 0 Å². The van der Waals surface area contributed by atoms with Gasteiger partial charge in [0.1, 0.15) is 29.9 Å². The molecule has 0 bridgehead atoms. The Morgan fingerprint density at radius 1 is 1.29 bits per heavy atom. The maximum Gasteiger partial charge on any atom is 0.315 e. The Hall–Kier alpha value is -0.380. The summed E-state index contributed by atoms with van der Waals surface area (Å²) in [6.07, 6.45) is -5.09. The van der Waals surface area contributed by atoms with Gasteiger partial charge in [-0.3, -0.25) is 4.79 Å². The molecule has 1 rings (SSSR count). The topological polar surface area (TPSA) is 116 Å².